The molecule has 0 atom stereocenters. The molecule has 5 nitrogen and oxygen atoms in total. The Bertz CT molecular complexity index is 413. The Balaban J connectivity index is 2.58. The maximum atomic E-state index is 11.4. The molecule has 2 amide bonds. The van der Waals surface area contributed by atoms with Gasteiger partial charge in [0.2, 0.25) is 0 Å². The first kappa shape index (κ1) is 14.0. The molecule has 0 spiro atoms. The molecule has 18 heavy (non-hydrogen) atoms. The van der Waals surface area contributed by atoms with Gasteiger partial charge in [0.15, 0.2) is 0 Å². The van der Waals surface area contributed by atoms with Gasteiger partial charge in [0, 0.05) is 12.2 Å². The Hall–Kier alpha value is -2.04. The minimum absolute atomic E-state index is 0.0979. The van der Waals surface area contributed by atoms with Crippen LogP contribution in [0.1, 0.15) is 20.8 Å². The molecule has 0 heterocycles. The molecule has 0 unspecified atom stereocenters. The largest absolute Gasteiger partial charge is 0.491 e. The van der Waals surface area contributed by atoms with Crippen molar-refractivity contribution in [2.24, 2.45) is 0 Å². The zero-order chi connectivity index (χ0) is 13.5. The van der Waals surface area contributed by atoms with Crippen LogP contribution in [0, 0.1) is 0 Å². The van der Waals surface area contributed by atoms with Crippen molar-refractivity contribution in [2.45, 2.75) is 26.9 Å². The van der Waals surface area contributed by atoms with Crippen molar-refractivity contribution in [3.8, 4) is 5.75 Å². The van der Waals surface area contributed by atoms with Crippen LogP contribution in [0.4, 0.5) is 5.69 Å². The Morgan fingerprint density at radius 2 is 1.78 bits per heavy atom. The average molecular weight is 250 g/mol. The molecule has 0 saturated heterocycles. The van der Waals surface area contributed by atoms with Crippen molar-refractivity contribution < 1.29 is 14.3 Å². The summed E-state index contributed by atoms with van der Waals surface area (Å²) < 4.78 is 5.47. The van der Waals surface area contributed by atoms with Gasteiger partial charge in [-0.05, 0) is 45.0 Å². The standard InChI is InChI=1S/C13H18N2O3/c1-4-14-12(16)13(17)15-10-5-7-11(8-6-10)18-9(2)3/h5-9H,4H2,1-3H3,(H,14,16)(H,15,17). The lowest BCUT2D eigenvalue weighted by Gasteiger charge is -2.10. The molecular formula is C13H18N2O3. The van der Waals surface area contributed by atoms with E-state index in [-0.39, 0.29) is 6.10 Å². The third-order valence-corrected chi connectivity index (χ3v) is 2.03. The SMILES string of the molecule is CCNC(=O)C(=O)Nc1ccc(OC(C)C)cc1. The summed E-state index contributed by atoms with van der Waals surface area (Å²) in [6, 6.07) is 6.87. The molecule has 0 aliphatic heterocycles. The highest BCUT2D eigenvalue weighted by atomic mass is 16.5. The minimum Gasteiger partial charge on any atom is -0.491 e. The van der Waals surface area contributed by atoms with Gasteiger partial charge in [-0.1, -0.05) is 0 Å². The molecule has 0 saturated carbocycles. The van der Waals surface area contributed by atoms with E-state index in [4.69, 9.17) is 4.74 Å². The normalized spacial score (nSPS) is 10.0. The van der Waals surface area contributed by atoms with Gasteiger partial charge in [0.05, 0.1) is 6.10 Å². The molecule has 0 radical (unpaired) electrons. The molecule has 98 valence electrons. The molecule has 1 aromatic rings. The van der Waals surface area contributed by atoms with E-state index in [9.17, 15) is 9.59 Å². The van der Waals surface area contributed by atoms with Gasteiger partial charge in [-0.3, -0.25) is 9.59 Å². The highest BCUT2D eigenvalue weighted by molar-refractivity contribution is 6.39. The summed E-state index contributed by atoms with van der Waals surface area (Å²) in [7, 11) is 0. The first-order valence-corrected chi connectivity index (χ1v) is 5.88. The molecule has 0 aliphatic rings. The summed E-state index contributed by atoms with van der Waals surface area (Å²) in [4.78, 5) is 22.6. The molecule has 0 fully saturated rings. The van der Waals surface area contributed by atoms with Crippen LogP contribution >= 0.6 is 0 Å². The minimum atomic E-state index is -0.672. The van der Waals surface area contributed by atoms with Gasteiger partial charge in [0.25, 0.3) is 0 Å². The second-order valence-corrected chi connectivity index (χ2v) is 4.00. The molecule has 0 aromatic heterocycles. The Kier molecular flexibility index (Phi) is 5.17. The van der Waals surface area contributed by atoms with Crippen LogP contribution in [0.25, 0.3) is 0 Å². The number of amides is 2. The van der Waals surface area contributed by atoms with Crippen LogP contribution < -0.4 is 15.4 Å². The topological polar surface area (TPSA) is 67.4 Å². The number of hydrogen-bond donors (Lipinski definition) is 2. The van der Waals surface area contributed by atoms with E-state index in [1.807, 2.05) is 13.8 Å². The summed E-state index contributed by atoms with van der Waals surface area (Å²) in [6.07, 6.45) is 0.0979. The van der Waals surface area contributed by atoms with Gasteiger partial charge < -0.3 is 15.4 Å². The number of nitrogens with one attached hydrogen (secondary N) is 2. The Morgan fingerprint density at radius 3 is 2.28 bits per heavy atom. The van der Waals surface area contributed by atoms with Crippen molar-refractivity contribution in [2.75, 3.05) is 11.9 Å². The number of carbonyl (C=O) groups excluding carboxylic acids is 2. The smallest absolute Gasteiger partial charge is 0.313 e. The third-order valence-electron chi connectivity index (χ3n) is 2.03. The van der Waals surface area contributed by atoms with Gasteiger partial charge >= 0.3 is 11.8 Å². The highest BCUT2D eigenvalue weighted by Crippen LogP contribution is 2.16. The molecule has 2 N–H and O–H groups in total. The lowest BCUT2D eigenvalue weighted by Crippen LogP contribution is -2.35. The number of likely N-dealkylation sites (N-methyl/N-ethyl adjacent to an activating group) is 1. The van der Waals surface area contributed by atoms with Gasteiger partial charge in [-0.15, -0.1) is 0 Å². The Morgan fingerprint density at radius 1 is 1.17 bits per heavy atom. The number of ether oxygens (including phenoxy) is 1. The van der Waals surface area contributed by atoms with Crippen molar-refractivity contribution in [3.05, 3.63) is 24.3 Å². The highest BCUT2D eigenvalue weighted by Gasteiger charge is 2.11. The Labute approximate surface area is 107 Å². The molecular weight excluding hydrogens is 232 g/mol. The van der Waals surface area contributed by atoms with E-state index in [1.54, 1.807) is 31.2 Å². The van der Waals surface area contributed by atoms with Crippen molar-refractivity contribution >= 4 is 17.5 Å². The van der Waals surface area contributed by atoms with Crippen LogP contribution in [0.2, 0.25) is 0 Å². The molecule has 1 aromatic carbocycles. The second-order valence-electron chi connectivity index (χ2n) is 4.00. The quantitative estimate of drug-likeness (QED) is 0.797. The number of hydrogen-bond acceptors (Lipinski definition) is 3. The summed E-state index contributed by atoms with van der Waals surface area (Å²) in [6.45, 7) is 6.05. The second kappa shape index (κ2) is 6.64. The van der Waals surface area contributed by atoms with Gasteiger partial charge in [-0.25, -0.2) is 0 Å². The van der Waals surface area contributed by atoms with Gasteiger partial charge in [-0.2, -0.15) is 0 Å². The van der Waals surface area contributed by atoms with E-state index in [2.05, 4.69) is 10.6 Å². The fourth-order valence-corrected chi connectivity index (χ4v) is 1.32. The molecule has 1 rings (SSSR count). The third kappa shape index (κ3) is 4.45. The van der Waals surface area contributed by atoms with E-state index in [0.29, 0.717) is 12.2 Å². The van der Waals surface area contributed by atoms with Crippen LogP contribution in [0.15, 0.2) is 24.3 Å². The van der Waals surface area contributed by atoms with Crippen LogP contribution in [-0.4, -0.2) is 24.5 Å². The van der Waals surface area contributed by atoms with E-state index in [0.717, 1.165) is 5.75 Å². The lowest BCUT2D eigenvalue weighted by molar-refractivity contribution is -0.136. The van der Waals surface area contributed by atoms with Gasteiger partial charge in [0.1, 0.15) is 5.75 Å². The lowest BCUT2D eigenvalue weighted by atomic mass is 10.3. The monoisotopic (exact) mass is 250 g/mol. The average Bonchev–Trinajstić information content (AvgIpc) is 2.31. The number of carbonyl (C=O) groups is 2. The van der Waals surface area contributed by atoms with Crippen LogP contribution in [0.5, 0.6) is 5.75 Å². The fourth-order valence-electron chi connectivity index (χ4n) is 1.32. The van der Waals surface area contributed by atoms with E-state index in [1.165, 1.54) is 0 Å². The van der Waals surface area contributed by atoms with Crippen LogP contribution in [-0.2, 0) is 9.59 Å². The zero-order valence-electron chi connectivity index (χ0n) is 10.8. The first-order chi connectivity index (χ1) is 8.52. The predicted molar refractivity (Wildman–Crippen MR) is 69.5 cm³/mol. The zero-order valence-corrected chi connectivity index (χ0v) is 10.8. The van der Waals surface area contributed by atoms with Crippen molar-refractivity contribution in [3.63, 3.8) is 0 Å². The maximum Gasteiger partial charge on any atom is 0.313 e. The predicted octanol–water partition coefficient (Wildman–Crippen LogP) is 1.55. The number of anilines is 1. The maximum absolute atomic E-state index is 11.4. The fraction of sp³-hybridized carbons (Fsp3) is 0.385. The van der Waals surface area contributed by atoms with E-state index < -0.39 is 11.8 Å². The number of rotatable bonds is 4. The number of benzene rings is 1. The summed E-state index contributed by atoms with van der Waals surface area (Å²) in [5.74, 6) is -0.588. The van der Waals surface area contributed by atoms with Crippen molar-refractivity contribution in [1.29, 1.82) is 0 Å². The molecule has 0 aliphatic carbocycles. The van der Waals surface area contributed by atoms with Crippen LogP contribution in [0.3, 0.4) is 0 Å². The summed E-state index contributed by atoms with van der Waals surface area (Å²) >= 11 is 0. The van der Waals surface area contributed by atoms with E-state index >= 15 is 0 Å². The summed E-state index contributed by atoms with van der Waals surface area (Å²) in [5, 5.41) is 4.93. The molecule has 5 heteroatoms. The molecule has 0 bridgehead atoms. The summed E-state index contributed by atoms with van der Waals surface area (Å²) in [5.41, 5.74) is 0.558. The van der Waals surface area contributed by atoms with Crippen molar-refractivity contribution in [1.82, 2.24) is 5.32 Å². The first-order valence-electron chi connectivity index (χ1n) is 5.88.